The molecule has 0 aromatic heterocycles. The van der Waals surface area contributed by atoms with Crippen LogP contribution in [0.2, 0.25) is 0 Å². The Labute approximate surface area is 66.6 Å². The molecule has 0 spiro atoms. The average molecular weight is 160 g/mol. The third-order valence-electron chi connectivity index (χ3n) is 1.53. The molecule has 0 aromatic carbocycles. The van der Waals surface area contributed by atoms with Crippen molar-refractivity contribution in [1.29, 1.82) is 0 Å². The highest BCUT2D eigenvalue weighted by Crippen LogP contribution is 2.20. The van der Waals surface area contributed by atoms with E-state index in [1.165, 1.54) is 12.2 Å². The first-order valence-electron chi connectivity index (χ1n) is 3.67. The number of halogens is 2. The van der Waals surface area contributed by atoms with Crippen LogP contribution in [0.15, 0.2) is 24.8 Å². The first-order chi connectivity index (χ1) is 5.09. The van der Waals surface area contributed by atoms with Gasteiger partial charge in [0.15, 0.2) is 0 Å². The van der Waals surface area contributed by atoms with Crippen molar-refractivity contribution in [3.63, 3.8) is 0 Å². The van der Waals surface area contributed by atoms with Crippen molar-refractivity contribution in [2.24, 2.45) is 11.8 Å². The van der Waals surface area contributed by atoms with Gasteiger partial charge in [-0.3, -0.25) is 0 Å². The summed E-state index contributed by atoms with van der Waals surface area (Å²) in [5.41, 5.74) is 0. The van der Waals surface area contributed by atoms with Gasteiger partial charge in [0.2, 0.25) is 6.43 Å². The van der Waals surface area contributed by atoms with Gasteiger partial charge < -0.3 is 0 Å². The van der Waals surface area contributed by atoms with Crippen LogP contribution in [-0.4, -0.2) is 6.43 Å². The highest BCUT2D eigenvalue weighted by molar-refractivity contribution is 5.01. The van der Waals surface area contributed by atoms with Crippen LogP contribution >= 0.6 is 0 Å². The van der Waals surface area contributed by atoms with E-state index in [0.717, 1.165) is 0 Å². The third-order valence-corrected chi connectivity index (χ3v) is 1.53. The van der Waals surface area contributed by atoms with Crippen LogP contribution < -0.4 is 0 Å². The van der Waals surface area contributed by atoms with Crippen LogP contribution in [0, 0.1) is 11.8 Å². The molecule has 0 saturated carbocycles. The molecule has 0 bridgehead atoms. The van der Waals surface area contributed by atoms with Gasteiger partial charge in [-0.2, -0.15) is 0 Å². The molecular formula is C9H14F2. The zero-order valence-electron chi connectivity index (χ0n) is 6.93. The maximum Gasteiger partial charge on any atom is 0.245 e. The maximum absolute atomic E-state index is 12.2. The molecular weight excluding hydrogens is 146 g/mol. The fourth-order valence-corrected chi connectivity index (χ4v) is 0.804. The minimum absolute atomic E-state index is 0.0220. The van der Waals surface area contributed by atoms with E-state index in [9.17, 15) is 8.78 Å². The molecule has 1 unspecified atom stereocenters. The van der Waals surface area contributed by atoms with Crippen LogP contribution in [0.4, 0.5) is 8.78 Å². The van der Waals surface area contributed by atoms with Gasteiger partial charge in [0.1, 0.15) is 0 Å². The number of alkyl halides is 2. The Bertz CT molecular complexity index is 128. The van der Waals surface area contributed by atoms with E-state index in [0.29, 0.717) is 0 Å². The van der Waals surface area contributed by atoms with Gasteiger partial charge in [-0.15, -0.1) is 0 Å². The Balaban J connectivity index is 4.10. The van der Waals surface area contributed by atoms with Crippen molar-refractivity contribution in [3.05, 3.63) is 24.8 Å². The van der Waals surface area contributed by atoms with Gasteiger partial charge in [-0.1, -0.05) is 38.7 Å². The zero-order chi connectivity index (χ0) is 8.85. The second-order valence-corrected chi connectivity index (χ2v) is 2.78. The van der Waals surface area contributed by atoms with Gasteiger partial charge in [-0.25, -0.2) is 8.78 Å². The molecule has 0 heterocycles. The van der Waals surface area contributed by atoms with E-state index in [1.54, 1.807) is 19.9 Å². The predicted molar refractivity (Wildman–Crippen MR) is 43.7 cm³/mol. The highest BCUT2D eigenvalue weighted by Gasteiger charge is 2.20. The lowest BCUT2D eigenvalue weighted by molar-refractivity contribution is 0.0780. The molecule has 64 valence electrons. The summed E-state index contributed by atoms with van der Waals surface area (Å²) in [5.74, 6) is -0.667. The van der Waals surface area contributed by atoms with Crippen LogP contribution in [0.3, 0.4) is 0 Å². The van der Waals surface area contributed by atoms with E-state index in [1.807, 2.05) is 0 Å². The molecule has 0 aliphatic carbocycles. The van der Waals surface area contributed by atoms with E-state index >= 15 is 0 Å². The largest absolute Gasteiger partial charge is 0.245 e. The highest BCUT2D eigenvalue weighted by atomic mass is 19.3. The molecule has 1 atom stereocenters. The molecule has 0 rings (SSSR count). The predicted octanol–water partition coefficient (Wildman–Crippen LogP) is 3.27. The number of allylic oxidation sites excluding steroid dienone is 3. The van der Waals surface area contributed by atoms with Gasteiger partial charge in [0.05, 0.1) is 0 Å². The summed E-state index contributed by atoms with van der Waals surface area (Å²) in [5, 5.41) is 0. The van der Waals surface area contributed by atoms with E-state index < -0.39 is 12.3 Å². The van der Waals surface area contributed by atoms with E-state index in [4.69, 9.17) is 0 Å². The lowest BCUT2D eigenvalue weighted by Crippen LogP contribution is -2.14. The van der Waals surface area contributed by atoms with Crippen molar-refractivity contribution in [1.82, 2.24) is 0 Å². The fraction of sp³-hybridized carbons (Fsp3) is 0.556. The minimum atomic E-state index is -2.27. The molecule has 0 N–H and O–H groups in total. The quantitative estimate of drug-likeness (QED) is 0.554. The van der Waals surface area contributed by atoms with Crippen LogP contribution in [-0.2, 0) is 0 Å². The Hall–Kier alpha value is -0.660. The summed E-state index contributed by atoms with van der Waals surface area (Å²) in [6.45, 7) is 6.98. The smallest absolute Gasteiger partial charge is 0.210 e. The van der Waals surface area contributed by atoms with Crippen LogP contribution in [0.1, 0.15) is 13.8 Å². The van der Waals surface area contributed by atoms with Gasteiger partial charge in [-0.05, 0) is 5.92 Å². The first-order valence-corrected chi connectivity index (χ1v) is 3.67. The zero-order valence-corrected chi connectivity index (χ0v) is 6.93. The molecule has 0 aliphatic rings. The van der Waals surface area contributed by atoms with E-state index in [-0.39, 0.29) is 5.92 Å². The summed E-state index contributed by atoms with van der Waals surface area (Å²) in [4.78, 5) is 0. The normalized spacial score (nSPS) is 14.7. The molecule has 0 nitrogen and oxygen atoms in total. The van der Waals surface area contributed by atoms with Crippen molar-refractivity contribution >= 4 is 0 Å². The monoisotopic (exact) mass is 160 g/mol. The molecule has 0 aromatic rings. The molecule has 0 amide bonds. The standard InChI is InChI=1S/C9H14F2/c1-4-5-6-8(7(2)3)9(10)11/h4-9H,1H2,2-3H3. The first kappa shape index (κ1) is 10.3. The molecule has 2 heteroatoms. The average Bonchev–Trinajstić information content (AvgIpc) is 1.87. The van der Waals surface area contributed by atoms with Crippen molar-refractivity contribution in [2.45, 2.75) is 20.3 Å². The molecule has 0 aliphatic heterocycles. The maximum atomic E-state index is 12.2. The van der Waals surface area contributed by atoms with Gasteiger partial charge in [0.25, 0.3) is 0 Å². The number of hydrogen-bond acceptors (Lipinski definition) is 0. The topological polar surface area (TPSA) is 0 Å². The Morgan fingerprint density at radius 2 is 1.82 bits per heavy atom. The minimum Gasteiger partial charge on any atom is -0.210 e. The summed E-state index contributed by atoms with van der Waals surface area (Å²) in [6, 6.07) is 0. The summed E-state index contributed by atoms with van der Waals surface area (Å²) in [7, 11) is 0. The summed E-state index contributed by atoms with van der Waals surface area (Å²) in [6.07, 6.45) is 2.31. The molecule has 0 fully saturated rings. The number of rotatable bonds is 4. The number of hydrogen-bond donors (Lipinski definition) is 0. The van der Waals surface area contributed by atoms with Crippen molar-refractivity contribution in [2.75, 3.05) is 0 Å². The second-order valence-electron chi connectivity index (χ2n) is 2.78. The Morgan fingerprint density at radius 3 is 2.09 bits per heavy atom. The summed E-state index contributed by atoms with van der Waals surface area (Å²) < 4.78 is 24.4. The Kier molecular flexibility index (Phi) is 4.75. The molecule has 0 saturated heterocycles. The molecule has 0 radical (unpaired) electrons. The molecule has 11 heavy (non-hydrogen) atoms. The SMILES string of the molecule is C=CC=CC(C(C)C)C(F)F. The Morgan fingerprint density at radius 1 is 1.27 bits per heavy atom. The third kappa shape index (κ3) is 3.91. The van der Waals surface area contributed by atoms with E-state index in [2.05, 4.69) is 6.58 Å². The van der Waals surface area contributed by atoms with Crippen LogP contribution in [0.5, 0.6) is 0 Å². The fourth-order valence-electron chi connectivity index (χ4n) is 0.804. The van der Waals surface area contributed by atoms with Crippen LogP contribution in [0.25, 0.3) is 0 Å². The lowest BCUT2D eigenvalue weighted by atomic mass is 9.96. The van der Waals surface area contributed by atoms with Gasteiger partial charge >= 0.3 is 0 Å². The van der Waals surface area contributed by atoms with Crippen molar-refractivity contribution in [3.8, 4) is 0 Å². The lowest BCUT2D eigenvalue weighted by Gasteiger charge is -2.14. The van der Waals surface area contributed by atoms with Crippen molar-refractivity contribution < 1.29 is 8.78 Å². The second kappa shape index (κ2) is 5.05. The van der Waals surface area contributed by atoms with Gasteiger partial charge in [0, 0.05) is 5.92 Å². The summed E-state index contributed by atoms with van der Waals surface area (Å²) >= 11 is 0.